The third-order valence-corrected chi connectivity index (χ3v) is 2.12. The SMILES string of the molecule is N#CCc1cncc(O)c1Br. The van der Waals surface area contributed by atoms with Crippen molar-refractivity contribution in [3.63, 3.8) is 0 Å². The Balaban J connectivity index is 3.08. The molecule has 0 unspecified atom stereocenters. The Kier molecular flexibility index (Phi) is 2.44. The highest BCUT2D eigenvalue weighted by molar-refractivity contribution is 9.10. The zero-order chi connectivity index (χ0) is 8.27. The monoisotopic (exact) mass is 212 g/mol. The fraction of sp³-hybridized carbons (Fsp3) is 0.143. The fourth-order valence-electron chi connectivity index (χ4n) is 0.684. The molecule has 0 aliphatic carbocycles. The molecule has 0 spiro atoms. The summed E-state index contributed by atoms with van der Waals surface area (Å²) in [6, 6.07) is 1.97. The number of rotatable bonds is 1. The first kappa shape index (κ1) is 8.02. The molecule has 3 nitrogen and oxygen atoms in total. The predicted octanol–water partition coefficient (Wildman–Crippen LogP) is 1.62. The van der Waals surface area contributed by atoms with Gasteiger partial charge in [0, 0.05) is 11.8 Å². The largest absolute Gasteiger partial charge is 0.505 e. The van der Waals surface area contributed by atoms with Gasteiger partial charge in [-0.3, -0.25) is 4.98 Å². The molecule has 0 amide bonds. The highest BCUT2D eigenvalue weighted by Crippen LogP contribution is 2.25. The Hall–Kier alpha value is -1.08. The summed E-state index contributed by atoms with van der Waals surface area (Å²) < 4.78 is 0.550. The number of hydrogen-bond donors (Lipinski definition) is 1. The Morgan fingerprint density at radius 1 is 1.64 bits per heavy atom. The molecule has 1 heterocycles. The fourth-order valence-corrected chi connectivity index (χ4v) is 1.03. The van der Waals surface area contributed by atoms with Crippen molar-refractivity contribution in [2.75, 3.05) is 0 Å². The van der Waals surface area contributed by atoms with Gasteiger partial charge in [0.05, 0.1) is 23.2 Å². The van der Waals surface area contributed by atoms with Crippen LogP contribution >= 0.6 is 15.9 Å². The van der Waals surface area contributed by atoms with Crippen LogP contribution in [0.2, 0.25) is 0 Å². The maximum atomic E-state index is 9.11. The summed E-state index contributed by atoms with van der Waals surface area (Å²) in [5.74, 6) is 0.0674. The van der Waals surface area contributed by atoms with Crippen molar-refractivity contribution in [2.24, 2.45) is 0 Å². The zero-order valence-corrected chi connectivity index (χ0v) is 7.17. The lowest BCUT2D eigenvalue weighted by Gasteiger charge is -1.99. The molecule has 4 heteroatoms. The molecule has 1 aromatic heterocycles. The molecule has 0 bridgehead atoms. The van der Waals surface area contributed by atoms with Gasteiger partial charge >= 0.3 is 0 Å². The van der Waals surface area contributed by atoms with Gasteiger partial charge in [0.25, 0.3) is 0 Å². The third kappa shape index (κ3) is 1.69. The summed E-state index contributed by atoms with van der Waals surface area (Å²) in [6.07, 6.45) is 3.12. The highest BCUT2D eigenvalue weighted by atomic mass is 79.9. The topological polar surface area (TPSA) is 56.9 Å². The van der Waals surface area contributed by atoms with E-state index in [9.17, 15) is 0 Å². The minimum atomic E-state index is 0.0674. The maximum Gasteiger partial charge on any atom is 0.148 e. The molecular weight excluding hydrogens is 208 g/mol. The van der Waals surface area contributed by atoms with E-state index in [4.69, 9.17) is 10.4 Å². The van der Waals surface area contributed by atoms with Gasteiger partial charge in [0.1, 0.15) is 5.75 Å². The van der Waals surface area contributed by atoms with Gasteiger partial charge in [-0.2, -0.15) is 5.26 Å². The highest BCUT2D eigenvalue weighted by Gasteiger charge is 2.03. The number of hydrogen-bond acceptors (Lipinski definition) is 3. The average Bonchev–Trinajstić information content (AvgIpc) is 1.99. The van der Waals surface area contributed by atoms with Gasteiger partial charge in [-0.25, -0.2) is 0 Å². The molecule has 1 aromatic rings. The Labute approximate surface area is 72.4 Å². The summed E-state index contributed by atoms with van der Waals surface area (Å²) in [6.45, 7) is 0. The second-order valence-corrected chi connectivity index (χ2v) is 2.76. The number of nitrogens with zero attached hydrogens (tertiary/aromatic N) is 2. The Bertz CT molecular complexity index is 306. The second-order valence-electron chi connectivity index (χ2n) is 1.97. The summed E-state index contributed by atoms with van der Waals surface area (Å²) >= 11 is 3.14. The number of aromatic hydroxyl groups is 1. The lowest BCUT2D eigenvalue weighted by atomic mass is 10.2. The lowest BCUT2D eigenvalue weighted by Crippen LogP contribution is -1.85. The Morgan fingerprint density at radius 3 is 3.00 bits per heavy atom. The number of aromatic nitrogens is 1. The van der Waals surface area contributed by atoms with Crippen molar-refractivity contribution in [3.8, 4) is 11.8 Å². The van der Waals surface area contributed by atoms with Crippen LogP contribution < -0.4 is 0 Å². The maximum absolute atomic E-state index is 9.11. The normalized spacial score (nSPS) is 9.09. The molecule has 0 aliphatic rings. The van der Waals surface area contributed by atoms with E-state index in [1.165, 1.54) is 6.20 Å². The van der Waals surface area contributed by atoms with Crippen molar-refractivity contribution < 1.29 is 5.11 Å². The van der Waals surface area contributed by atoms with Crippen LogP contribution in [0.3, 0.4) is 0 Å². The van der Waals surface area contributed by atoms with Gasteiger partial charge in [0.2, 0.25) is 0 Å². The minimum Gasteiger partial charge on any atom is -0.505 e. The van der Waals surface area contributed by atoms with E-state index in [0.29, 0.717) is 10.0 Å². The molecule has 0 aromatic carbocycles. The zero-order valence-electron chi connectivity index (χ0n) is 5.58. The second kappa shape index (κ2) is 3.35. The smallest absolute Gasteiger partial charge is 0.148 e. The quantitative estimate of drug-likeness (QED) is 0.770. The van der Waals surface area contributed by atoms with Crippen molar-refractivity contribution in [2.45, 2.75) is 6.42 Å². The van der Waals surface area contributed by atoms with Gasteiger partial charge in [-0.05, 0) is 15.9 Å². The van der Waals surface area contributed by atoms with Crippen molar-refractivity contribution >= 4 is 15.9 Å². The first-order valence-corrected chi connectivity index (χ1v) is 3.73. The van der Waals surface area contributed by atoms with Crippen LogP contribution in [-0.4, -0.2) is 10.1 Å². The molecular formula is C7H5BrN2O. The van der Waals surface area contributed by atoms with E-state index in [-0.39, 0.29) is 12.2 Å². The Morgan fingerprint density at radius 2 is 2.36 bits per heavy atom. The first-order chi connectivity index (χ1) is 5.25. The van der Waals surface area contributed by atoms with Gasteiger partial charge < -0.3 is 5.11 Å². The number of pyridine rings is 1. The summed E-state index contributed by atoms with van der Waals surface area (Å²) in [5, 5.41) is 17.5. The van der Waals surface area contributed by atoms with Crippen LogP contribution in [0, 0.1) is 11.3 Å². The van der Waals surface area contributed by atoms with E-state index < -0.39 is 0 Å². The molecule has 1 N–H and O–H groups in total. The van der Waals surface area contributed by atoms with Crippen LogP contribution in [0.1, 0.15) is 5.56 Å². The van der Waals surface area contributed by atoms with Gasteiger partial charge in [-0.1, -0.05) is 0 Å². The molecule has 1 rings (SSSR count). The van der Waals surface area contributed by atoms with E-state index in [0.717, 1.165) is 0 Å². The third-order valence-electron chi connectivity index (χ3n) is 1.20. The summed E-state index contributed by atoms with van der Waals surface area (Å²) in [5.41, 5.74) is 0.701. The van der Waals surface area contributed by atoms with E-state index >= 15 is 0 Å². The molecule has 0 aliphatic heterocycles. The molecule has 56 valence electrons. The van der Waals surface area contributed by atoms with Gasteiger partial charge in [0.15, 0.2) is 0 Å². The van der Waals surface area contributed by atoms with Crippen molar-refractivity contribution in [1.29, 1.82) is 5.26 Å². The summed E-state index contributed by atoms with van der Waals surface area (Å²) in [4.78, 5) is 3.73. The van der Waals surface area contributed by atoms with E-state index in [2.05, 4.69) is 20.9 Å². The van der Waals surface area contributed by atoms with Crippen LogP contribution in [0.5, 0.6) is 5.75 Å². The lowest BCUT2D eigenvalue weighted by molar-refractivity contribution is 0.468. The minimum absolute atomic E-state index is 0.0674. The van der Waals surface area contributed by atoms with Crippen LogP contribution in [0.25, 0.3) is 0 Å². The number of halogens is 1. The molecule has 11 heavy (non-hydrogen) atoms. The van der Waals surface area contributed by atoms with Crippen LogP contribution in [0.4, 0.5) is 0 Å². The summed E-state index contributed by atoms with van der Waals surface area (Å²) in [7, 11) is 0. The number of nitriles is 1. The predicted molar refractivity (Wildman–Crippen MR) is 42.9 cm³/mol. The molecule has 0 atom stereocenters. The standard InChI is InChI=1S/C7H5BrN2O/c8-7-5(1-2-9)3-10-4-6(7)11/h3-4,11H,1H2. The van der Waals surface area contributed by atoms with E-state index in [1.54, 1.807) is 6.20 Å². The first-order valence-electron chi connectivity index (χ1n) is 2.94. The molecule has 0 radical (unpaired) electrons. The molecule has 0 fully saturated rings. The van der Waals surface area contributed by atoms with E-state index in [1.807, 2.05) is 6.07 Å². The molecule has 0 saturated heterocycles. The van der Waals surface area contributed by atoms with Crippen LogP contribution in [-0.2, 0) is 6.42 Å². The molecule has 0 saturated carbocycles. The van der Waals surface area contributed by atoms with Crippen molar-refractivity contribution in [3.05, 3.63) is 22.4 Å². The average molecular weight is 213 g/mol. The van der Waals surface area contributed by atoms with Crippen molar-refractivity contribution in [1.82, 2.24) is 4.98 Å². The van der Waals surface area contributed by atoms with Crippen LogP contribution in [0.15, 0.2) is 16.9 Å². The van der Waals surface area contributed by atoms with Gasteiger partial charge in [-0.15, -0.1) is 0 Å².